The van der Waals surface area contributed by atoms with Gasteiger partial charge in [-0.1, -0.05) is 0 Å². The Balaban J connectivity index is 2.46. The van der Waals surface area contributed by atoms with Gasteiger partial charge in [-0.25, -0.2) is 4.39 Å². The largest absolute Gasteiger partial charge is 0.360 e. The van der Waals surface area contributed by atoms with Gasteiger partial charge in [0.2, 0.25) is 0 Å². The third-order valence-electron chi connectivity index (χ3n) is 2.92. The Morgan fingerprint density at radius 3 is 2.71 bits per heavy atom. The van der Waals surface area contributed by atoms with Crippen molar-refractivity contribution < 1.29 is 9.18 Å². The van der Waals surface area contributed by atoms with Crippen molar-refractivity contribution in [1.82, 2.24) is 9.88 Å². The lowest BCUT2D eigenvalue weighted by molar-refractivity contribution is 0.0775. The van der Waals surface area contributed by atoms with Gasteiger partial charge in [0.15, 0.2) is 0 Å². The average Bonchev–Trinajstić information content (AvgIpc) is 2.73. The van der Waals surface area contributed by atoms with E-state index < -0.39 is 0 Å². The van der Waals surface area contributed by atoms with E-state index in [1.807, 2.05) is 13.8 Å². The number of rotatable bonds is 3. The second kappa shape index (κ2) is 4.57. The van der Waals surface area contributed by atoms with Crippen LogP contribution in [0.2, 0.25) is 0 Å². The van der Waals surface area contributed by atoms with Crippen LogP contribution in [0.15, 0.2) is 24.4 Å². The van der Waals surface area contributed by atoms with Crippen molar-refractivity contribution in [1.29, 1.82) is 0 Å². The molecule has 0 fully saturated rings. The molecule has 0 aliphatic heterocycles. The highest BCUT2D eigenvalue weighted by Crippen LogP contribution is 2.20. The molecule has 0 aliphatic rings. The van der Waals surface area contributed by atoms with Crippen LogP contribution in [0.4, 0.5) is 4.39 Å². The second-order valence-corrected chi connectivity index (χ2v) is 3.87. The SMILES string of the molecule is CCN(CC)C(=O)c1c[nH]c2cc(F)ccc12. The number of nitrogens with zero attached hydrogens (tertiary/aromatic N) is 1. The smallest absolute Gasteiger partial charge is 0.256 e. The number of benzene rings is 1. The predicted octanol–water partition coefficient (Wildman–Crippen LogP) is 2.79. The maximum Gasteiger partial charge on any atom is 0.256 e. The number of aromatic nitrogens is 1. The molecule has 0 unspecified atom stereocenters. The zero-order valence-electron chi connectivity index (χ0n) is 9.96. The fourth-order valence-electron chi connectivity index (χ4n) is 1.96. The number of amides is 1. The van der Waals surface area contributed by atoms with Crippen LogP contribution in [0.1, 0.15) is 24.2 Å². The molecule has 3 nitrogen and oxygen atoms in total. The van der Waals surface area contributed by atoms with Crippen LogP contribution in [0.5, 0.6) is 0 Å². The highest BCUT2D eigenvalue weighted by atomic mass is 19.1. The van der Waals surface area contributed by atoms with Crippen LogP contribution in [0.3, 0.4) is 0 Å². The van der Waals surface area contributed by atoms with E-state index in [9.17, 15) is 9.18 Å². The lowest BCUT2D eigenvalue weighted by Gasteiger charge is -2.17. The maximum atomic E-state index is 13.0. The Hall–Kier alpha value is -1.84. The summed E-state index contributed by atoms with van der Waals surface area (Å²) in [6.45, 7) is 5.22. The minimum Gasteiger partial charge on any atom is -0.360 e. The van der Waals surface area contributed by atoms with Gasteiger partial charge in [-0.2, -0.15) is 0 Å². The number of hydrogen-bond acceptors (Lipinski definition) is 1. The molecule has 0 saturated heterocycles. The van der Waals surface area contributed by atoms with Gasteiger partial charge in [-0.15, -0.1) is 0 Å². The quantitative estimate of drug-likeness (QED) is 0.871. The Morgan fingerprint density at radius 2 is 2.06 bits per heavy atom. The van der Waals surface area contributed by atoms with Crippen LogP contribution in [0, 0.1) is 5.82 Å². The van der Waals surface area contributed by atoms with E-state index in [4.69, 9.17) is 0 Å². The highest BCUT2D eigenvalue weighted by Gasteiger charge is 2.16. The molecule has 1 amide bonds. The monoisotopic (exact) mass is 234 g/mol. The molecule has 2 aromatic rings. The fraction of sp³-hybridized carbons (Fsp3) is 0.308. The second-order valence-electron chi connectivity index (χ2n) is 3.87. The molecule has 0 aliphatic carbocycles. The normalized spacial score (nSPS) is 10.8. The zero-order valence-corrected chi connectivity index (χ0v) is 9.96. The van der Waals surface area contributed by atoms with E-state index in [-0.39, 0.29) is 11.7 Å². The third kappa shape index (κ3) is 2.02. The number of aromatic amines is 1. The van der Waals surface area contributed by atoms with Crippen LogP contribution in [-0.2, 0) is 0 Å². The lowest BCUT2D eigenvalue weighted by atomic mass is 10.1. The number of fused-ring (bicyclic) bond motifs is 1. The number of carbonyl (C=O) groups excluding carboxylic acids is 1. The zero-order chi connectivity index (χ0) is 12.4. The summed E-state index contributed by atoms with van der Waals surface area (Å²) in [7, 11) is 0. The van der Waals surface area contributed by atoms with Gasteiger partial charge in [-0.3, -0.25) is 4.79 Å². The van der Waals surface area contributed by atoms with Crippen molar-refractivity contribution in [3.8, 4) is 0 Å². The first-order chi connectivity index (χ1) is 8.17. The van der Waals surface area contributed by atoms with Gasteiger partial charge in [-0.05, 0) is 32.0 Å². The van der Waals surface area contributed by atoms with Crippen molar-refractivity contribution in [3.05, 3.63) is 35.8 Å². The van der Waals surface area contributed by atoms with Crippen molar-refractivity contribution in [2.24, 2.45) is 0 Å². The number of carbonyl (C=O) groups is 1. The predicted molar refractivity (Wildman–Crippen MR) is 65.5 cm³/mol. The summed E-state index contributed by atoms with van der Waals surface area (Å²) in [6, 6.07) is 4.40. The Morgan fingerprint density at radius 1 is 1.35 bits per heavy atom. The van der Waals surface area contributed by atoms with E-state index in [2.05, 4.69) is 4.98 Å². The van der Waals surface area contributed by atoms with Crippen LogP contribution in [0.25, 0.3) is 10.9 Å². The minimum absolute atomic E-state index is 0.0205. The van der Waals surface area contributed by atoms with Crippen LogP contribution >= 0.6 is 0 Å². The summed E-state index contributed by atoms with van der Waals surface area (Å²) in [6.07, 6.45) is 1.64. The van der Waals surface area contributed by atoms with Crippen molar-refractivity contribution in [3.63, 3.8) is 0 Å². The summed E-state index contributed by atoms with van der Waals surface area (Å²) in [5.74, 6) is -0.325. The molecular formula is C13H15FN2O. The number of nitrogens with one attached hydrogen (secondary N) is 1. The minimum atomic E-state index is -0.304. The first kappa shape index (κ1) is 11.6. The molecule has 0 saturated carbocycles. The molecule has 0 radical (unpaired) electrons. The molecule has 0 bridgehead atoms. The fourth-order valence-corrected chi connectivity index (χ4v) is 1.96. The average molecular weight is 234 g/mol. The van der Waals surface area contributed by atoms with E-state index in [1.54, 1.807) is 17.2 Å². The number of halogens is 1. The molecule has 1 N–H and O–H groups in total. The summed E-state index contributed by atoms with van der Waals surface area (Å²) in [5.41, 5.74) is 1.25. The first-order valence-corrected chi connectivity index (χ1v) is 5.73. The molecule has 0 spiro atoms. The molecule has 90 valence electrons. The van der Waals surface area contributed by atoms with Gasteiger partial charge >= 0.3 is 0 Å². The third-order valence-corrected chi connectivity index (χ3v) is 2.92. The molecule has 1 heterocycles. The molecule has 2 rings (SSSR count). The molecule has 0 atom stereocenters. The van der Waals surface area contributed by atoms with Crippen LogP contribution in [-0.4, -0.2) is 28.9 Å². The maximum absolute atomic E-state index is 13.0. The van der Waals surface area contributed by atoms with E-state index in [0.717, 1.165) is 5.39 Å². The Kier molecular flexibility index (Phi) is 3.13. The van der Waals surface area contributed by atoms with Crippen molar-refractivity contribution >= 4 is 16.8 Å². The summed E-state index contributed by atoms with van der Waals surface area (Å²) in [4.78, 5) is 16.8. The highest BCUT2D eigenvalue weighted by molar-refractivity contribution is 6.06. The van der Waals surface area contributed by atoms with Gasteiger partial charge in [0.05, 0.1) is 5.56 Å². The lowest BCUT2D eigenvalue weighted by Crippen LogP contribution is -2.30. The molecule has 1 aromatic heterocycles. The van der Waals surface area contributed by atoms with E-state index in [0.29, 0.717) is 24.2 Å². The molecular weight excluding hydrogens is 219 g/mol. The van der Waals surface area contributed by atoms with Gasteiger partial charge < -0.3 is 9.88 Å². The molecule has 1 aromatic carbocycles. The van der Waals surface area contributed by atoms with Crippen LogP contribution < -0.4 is 0 Å². The van der Waals surface area contributed by atoms with Crippen molar-refractivity contribution in [2.45, 2.75) is 13.8 Å². The first-order valence-electron chi connectivity index (χ1n) is 5.73. The summed E-state index contributed by atoms with van der Waals surface area (Å²) >= 11 is 0. The summed E-state index contributed by atoms with van der Waals surface area (Å²) in [5, 5.41) is 0.767. The molecule has 17 heavy (non-hydrogen) atoms. The van der Waals surface area contributed by atoms with E-state index >= 15 is 0 Å². The number of hydrogen-bond donors (Lipinski definition) is 1. The topological polar surface area (TPSA) is 36.1 Å². The van der Waals surface area contributed by atoms with Gasteiger partial charge in [0.1, 0.15) is 5.82 Å². The standard InChI is InChI=1S/C13H15FN2O/c1-3-16(4-2)13(17)11-8-15-12-7-9(14)5-6-10(11)12/h5-8,15H,3-4H2,1-2H3. The Labute approximate surface area is 99.2 Å². The van der Waals surface area contributed by atoms with Gasteiger partial charge in [0.25, 0.3) is 5.91 Å². The Bertz CT molecular complexity index is 543. The van der Waals surface area contributed by atoms with Crippen molar-refractivity contribution in [2.75, 3.05) is 13.1 Å². The van der Waals surface area contributed by atoms with Gasteiger partial charge in [0, 0.05) is 30.2 Å². The molecule has 4 heteroatoms. The number of H-pyrrole nitrogens is 1. The summed E-state index contributed by atoms with van der Waals surface area (Å²) < 4.78 is 13.0. The van der Waals surface area contributed by atoms with E-state index in [1.165, 1.54) is 12.1 Å².